The van der Waals surface area contributed by atoms with E-state index in [0.29, 0.717) is 25.4 Å². The number of nitrogens with zero attached hydrogens (tertiary/aromatic N) is 2. The molecule has 1 aliphatic rings. The molecule has 1 N–H and O–H groups in total. The van der Waals surface area contributed by atoms with Gasteiger partial charge in [-0.1, -0.05) is 30.3 Å². The van der Waals surface area contributed by atoms with Crippen molar-refractivity contribution in [3.8, 4) is 6.07 Å². The van der Waals surface area contributed by atoms with Gasteiger partial charge in [-0.15, -0.1) is 0 Å². The van der Waals surface area contributed by atoms with E-state index in [1.807, 2.05) is 36.4 Å². The first-order chi connectivity index (χ1) is 12.7. The smallest absolute Gasteiger partial charge is 0.321 e. The third kappa shape index (κ3) is 4.58. The number of anilines is 1. The first kappa shape index (κ1) is 17.9. The van der Waals surface area contributed by atoms with Crippen molar-refractivity contribution in [3.63, 3.8) is 0 Å². The van der Waals surface area contributed by atoms with Crippen LogP contribution in [-0.4, -0.2) is 30.1 Å². The van der Waals surface area contributed by atoms with Crippen molar-refractivity contribution < 1.29 is 13.9 Å². The Morgan fingerprint density at radius 3 is 2.65 bits per heavy atom. The van der Waals surface area contributed by atoms with Gasteiger partial charge in [0.2, 0.25) is 0 Å². The molecule has 5 nitrogen and oxygen atoms in total. The summed E-state index contributed by atoms with van der Waals surface area (Å²) in [5.41, 5.74) is 1.56. The molecule has 1 fully saturated rings. The molecule has 2 aromatic rings. The number of halogens is 1. The lowest BCUT2D eigenvalue weighted by molar-refractivity contribution is 0.00540. The van der Waals surface area contributed by atoms with Crippen LogP contribution in [0.1, 0.15) is 24.0 Å². The van der Waals surface area contributed by atoms with Crippen LogP contribution in [0.25, 0.3) is 0 Å². The van der Waals surface area contributed by atoms with Crippen molar-refractivity contribution in [1.82, 2.24) is 4.90 Å². The Bertz CT molecular complexity index is 796. The highest BCUT2D eigenvalue weighted by Crippen LogP contribution is 2.19. The van der Waals surface area contributed by atoms with Gasteiger partial charge in [-0.25, -0.2) is 9.18 Å². The lowest BCUT2D eigenvalue weighted by Gasteiger charge is -2.32. The maximum Gasteiger partial charge on any atom is 0.321 e. The largest absolute Gasteiger partial charge is 0.373 e. The topological polar surface area (TPSA) is 65.4 Å². The monoisotopic (exact) mass is 353 g/mol. The minimum atomic E-state index is -0.504. The number of urea groups is 1. The zero-order chi connectivity index (χ0) is 18.4. The number of piperidine rings is 1. The Morgan fingerprint density at radius 1 is 1.23 bits per heavy atom. The number of likely N-dealkylation sites (tertiary alicyclic amines) is 1. The van der Waals surface area contributed by atoms with E-state index in [9.17, 15) is 9.18 Å². The minimum Gasteiger partial charge on any atom is -0.373 e. The number of ether oxygens (including phenoxy) is 1. The molecule has 0 aromatic heterocycles. The predicted octanol–water partition coefficient (Wildman–Crippen LogP) is 3.91. The summed E-state index contributed by atoms with van der Waals surface area (Å²) in [6.07, 6.45) is 1.64. The molecule has 0 spiro atoms. The quantitative estimate of drug-likeness (QED) is 0.906. The van der Waals surface area contributed by atoms with Crippen LogP contribution in [0.4, 0.5) is 14.9 Å². The molecule has 3 rings (SSSR count). The molecule has 1 heterocycles. The number of benzene rings is 2. The second-order valence-corrected chi connectivity index (χ2v) is 6.21. The van der Waals surface area contributed by atoms with Gasteiger partial charge in [0.1, 0.15) is 11.9 Å². The lowest BCUT2D eigenvalue weighted by atomic mass is 10.1. The molecular formula is C20H20FN3O2. The van der Waals surface area contributed by atoms with E-state index in [1.54, 1.807) is 4.90 Å². The van der Waals surface area contributed by atoms with E-state index in [2.05, 4.69) is 5.32 Å². The minimum absolute atomic E-state index is 0.111. The summed E-state index contributed by atoms with van der Waals surface area (Å²) in [6, 6.07) is 15.3. The van der Waals surface area contributed by atoms with E-state index >= 15 is 0 Å². The maximum atomic E-state index is 13.2. The molecular weight excluding hydrogens is 333 g/mol. The first-order valence-electron chi connectivity index (χ1n) is 8.57. The van der Waals surface area contributed by atoms with Gasteiger partial charge in [-0.05, 0) is 36.6 Å². The van der Waals surface area contributed by atoms with Gasteiger partial charge in [0.25, 0.3) is 0 Å². The summed E-state index contributed by atoms with van der Waals surface area (Å²) in [4.78, 5) is 14.1. The zero-order valence-electron chi connectivity index (χ0n) is 14.3. The number of nitrogens with one attached hydrogen (secondary N) is 1. The van der Waals surface area contributed by atoms with E-state index < -0.39 is 5.82 Å². The number of carbonyl (C=O) groups is 1. The molecule has 0 aliphatic carbocycles. The molecule has 6 heteroatoms. The van der Waals surface area contributed by atoms with Crippen molar-refractivity contribution in [1.29, 1.82) is 5.26 Å². The van der Waals surface area contributed by atoms with Crippen molar-refractivity contribution in [2.45, 2.75) is 25.6 Å². The normalized spacial score (nSPS) is 14.7. The number of amides is 2. The highest BCUT2D eigenvalue weighted by Gasteiger charge is 2.23. The van der Waals surface area contributed by atoms with Gasteiger partial charge in [0.15, 0.2) is 0 Å². The van der Waals surface area contributed by atoms with Crippen LogP contribution in [0.2, 0.25) is 0 Å². The Morgan fingerprint density at radius 2 is 1.96 bits per heavy atom. The number of rotatable bonds is 4. The average molecular weight is 353 g/mol. The Balaban J connectivity index is 1.49. The van der Waals surface area contributed by atoms with Crippen LogP contribution >= 0.6 is 0 Å². The zero-order valence-corrected chi connectivity index (χ0v) is 14.3. The van der Waals surface area contributed by atoms with Crippen molar-refractivity contribution >= 4 is 11.7 Å². The second kappa shape index (κ2) is 8.45. The Hall–Kier alpha value is -2.91. The molecule has 1 saturated heterocycles. The molecule has 134 valence electrons. The molecule has 2 aromatic carbocycles. The van der Waals surface area contributed by atoms with Crippen molar-refractivity contribution in [2.75, 3.05) is 18.4 Å². The fraction of sp³-hybridized carbons (Fsp3) is 0.300. The third-order valence-electron chi connectivity index (χ3n) is 4.40. The molecule has 2 amide bonds. The average Bonchev–Trinajstić information content (AvgIpc) is 2.69. The van der Waals surface area contributed by atoms with Crippen LogP contribution in [0.15, 0.2) is 48.5 Å². The number of hydrogen-bond donors (Lipinski definition) is 1. The molecule has 0 saturated carbocycles. The van der Waals surface area contributed by atoms with Gasteiger partial charge in [-0.3, -0.25) is 0 Å². The van der Waals surface area contributed by atoms with E-state index in [1.165, 1.54) is 12.1 Å². The first-order valence-corrected chi connectivity index (χ1v) is 8.57. The highest BCUT2D eigenvalue weighted by molar-refractivity contribution is 5.90. The van der Waals surface area contributed by atoms with Crippen molar-refractivity contribution in [2.24, 2.45) is 0 Å². The van der Waals surface area contributed by atoms with Gasteiger partial charge >= 0.3 is 6.03 Å². The molecule has 0 atom stereocenters. The van der Waals surface area contributed by atoms with E-state index in [0.717, 1.165) is 24.5 Å². The highest BCUT2D eigenvalue weighted by atomic mass is 19.1. The predicted molar refractivity (Wildman–Crippen MR) is 96.0 cm³/mol. The van der Waals surface area contributed by atoms with Gasteiger partial charge < -0.3 is 15.0 Å². The molecule has 1 aliphatic heterocycles. The molecule has 26 heavy (non-hydrogen) atoms. The summed E-state index contributed by atoms with van der Waals surface area (Å²) in [6.45, 7) is 1.72. The lowest BCUT2D eigenvalue weighted by Crippen LogP contribution is -2.43. The third-order valence-corrected chi connectivity index (χ3v) is 4.40. The molecule has 0 unspecified atom stereocenters. The molecule has 0 radical (unpaired) electrons. The summed E-state index contributed by atoms with van der Waals surface area (Å²) in [7, 11) is 0. The van der Waals surface area contributed by atoms with Gasteiger partial charge in [0.05, 0.1) is 24.0 Å². The summed E-state index contributed by atoms with van der Waals surface area (Å²) >= 11 is 0. The van der Waals surface area contributed by atoms with Crippen LogP contribution in [-0.2, 0) is 11.3 Å². The summed E-state index contributed by atoms with van der Waals surface area (Å²) in [5, 5.41) is 11.7. The Kier molecular flexibility index (Phi) is 5.82. The Labute approximate surface area is 152 Å². The van der Waals surface area contributed by atoms with Crippen LogP contribution in [0, 0.1) is 17.1 Å². The maximum absolute atomic E-state index is 13.2. The molecule has 0 bridgehead atoms. The second-order valence-electron chi connectivity index (χ2n) is 6.21. The fourth-order valence-corrected chi connectivity index (χ4v) is 2.93. The van der Waals surface area contributed by atoms with E-state index in [4.69, 9.17) is 10.00 Å². The summed E-state index contributed by atoms with van der Waals surface area (Å²) in [5.74, 6) is -0.504. The number of carbonyl (C=O) groups excluding carboxylic acids is 1. The summed E-state index contributed by atoms with van der Waals surface area (Å²) < 4.78 is 19.1. The van der Waals surface area contributed by atoms with Gasteiger partial charge in [-0.2, -0.15) is 5.26 Å². The number of hydrogen-bond acceptors (Lipinski definition) is 3. The number of nitriles is 1. The van der Waals surface area contributed by atoms with Gasteiger partial charge in [0, 0.05) is 13.1 Å². The van der Waals surface area contributed by atoms with Crippen LogP contribution in [0.5, 0.6) is 0 Å². The SMILES string of the molecule is N#Cc1cc(F)ccc1NC(=O)N1CCC(OCc2ccccc2)CC1. The van der Waals surface area contributed by atoms with Crippen LogP contribution < -0.4 is 5.32 Å². The van der Waals surface area contributed by atoms with Crippen LogP contribution in [0.3, 0.4) is 0 Å². The van der Waals surface area contributed by atoms with Crippen molar-refractivity contribution in [3.05, 3.63) is 65.5 Å². The van der Waals surface area contributed by atoms with E-state index in [-0.39, 0.29) is 17.7 Å². The fourth-order valence-electron chi connectivity index (χ4n) is 2.93. The standard InChI is InChI=1S/C20H20FN3O2/c21-17-6-7-19(16(12-17)13-22)23-20(25)24-10-8-18(9-11-24)26-14-15-4-2-1-3-5-15/h1-7,12,18H,8-11,14H2,(H,23,25).